The Morgan fingerprint density at radius 2 is 1.15 bits per heavy atom. The van der Waals surface area contributed by atoms with Gasteiger partial charge < -0.3 is 0 Å². The Hall–Kier alpha value is -2.20. The van der Waals surface area contributed by atoms with Gasteiger partial charge in [0, 0.05) is 17.5 Å². The summed E-state index contributed by atoms with van der Waals surface area (Å²) in [4.78, 5) is 15.4. The molecule has 0 aliphatic carbocycles. The molecule has 0 N–H and O–H groups in total. The van der Waals surface area contributed by atoms with E-state index in [2.05, 4.69) is 91.1 Å². The second-order valence-corrected chi connectivity index (χ2v) is 11.3. The van der Waals surface area contributed by atoms with E-state index in [1.165, 1.54) is 10.5 Å². The van der Waals surface area contributed by atoms with Crippen LogP contribution >= 0.6 is 10.0 Å². The van der Waals surface area contributed by atoms with Gasteiger partial charge in [-0.05, 0) is 47.8 Å². The number of hydrogen-bond donors (Lipinski definition) is 0. The quantitative estimate of drug-likeness (QED) is 0.609. The van der Waals surface area contributed by atoms with Crippen molar-refractivity contribution in [3.05, 3.63) is 59.9 Å². The number of hydrogen-bond acceptors (Lipinski definition) is 3. The molecule has 1 aromatic heterocycles. The minimum absolute atomic E-state index is 0.726. The van der Waals surface area contributed by atoms with Crippen molar-refractivity contribution in [2.24, 2.45) is 0 Å². The molecule has 0 amide bonds. The first-order chi connectivity index (χ1) is 12.4. The molecule has 0 saturated carbocycles. The van der Waals surface area contributed by atoms with E-state index < -0.39 is 10.0 Å². The Morgan fingerprint density at radius 1 is 0.654 bits per heavy atom. The van der Waals surface area contributed by atoms with E-state index in [0.717, 1.165) is 41.4 Å². The molecule has 2 aromatic carbocycles. The van der Waals surface area contributed by atoms with Gasteiger partial charge in [0.05, 0.1) is 0 Å². The highest BCUT2D eigenvalue weighted by molar-refractivity contribution is 8.32. The van der Waals surface area contributed by atoms with Crippen molar-refractivity contribution in [3.63, 3.8) is 0 Å². The van der Waals surface area contributed by atoms with Crippen LogP contribution in [0.3, 0.4) is 0 Å². The highest BCUT2D eigenvalue weighted by Crippen LogP contribution is 2.45. The average molecular weight is 366 g/mol. The van der Waals surface area contributed by atoms with Gasteiger partial charge in [0.15, 0.2) is 11.6 Å². The maximum atomic E-state index is 4.75. The van der Waals surface area contributed by atoms with Crippen LogP contribution < -0.4 is 0 Å². The van der Waals surface area contributed by atoms with E-state index >= 15 is 0 Å². The van der Waals surface area contributed by atoms with Gasteiger partial charge in [0.2, 0.25) is 0 Å². The first-order valence-corrected chi connectivity index (χ1v) is 11.9. The molecule has 0 bridgehead atoms. The first-order valence-electron chi connectivity index (χ1n) is 9.03. The van der Waals surface area contributed by atoms with Gasteiger partial charge in [-0.2, -0.15) is 0 Å². The second-order valence-electron chi connectivity index (χ2n) is 7.16. The molecule has 4 heteroatoms. The molecular formula is C22H27N3S. The summed E-state index contributed by atoms with van der Waals surface area (Å²) in [6.45, 7) is 4.24. The van der Waals surface area contributed by atoms with E-state index in [1.807, 2.05) is 0 Å². The molecule has 0 unspecified atom stereocenters. The zero-order valence-electron chi connectivity index (χ0n) is 16.3. The van der Waals surface area contributed by atoms with Crippen LogP contribution in [0.4, 0.5) is 0 Å². The van der Waals surface area contributed by atoms with Gasteiger partial charge in [-0.25, -0.2) is 25.0 Å². The summed E-state index contributed by atoms with van der Waals surface area (Å²) in [5.74, 6) is 2.33. The molecule has 0 aliphatic rings. The lowest BCUT2D eigenvalue weighted by atomic mass is 10.1. The molecule has 1 heterocycles. The lowest BCUT2D eigenvalue weighted by molar-refractivity contribution is 0.910. The molecular weight excluding hydrogens is 338 g/mol. The smallest absolute Gasteiger partial charge is 0.163 e. The Bertz CT molecular complexity index is 879. The molecule has 0 aliphatic heterocycles. The fourth-order valence-corrected chi connectivity index (χ4v) is 3.69. The van der Waals surface area contributed by atoms with E-state index in [-0.39, 0.29) is 0 Å². The van der Waals surface area contributed by atoms with Crippen molar-refractivity contribution < 1.29 is 0 Å². The molecule has 136 valence electrons. The number of aryl methyl sites for hydroxylation is 2. The predicted molar refractivity (Wildman–Crippen MR) is 113 cm³/mol. The molecule has 0 saturated heterocycles. The van der Waals surface area contributed by atoms with Crippen molar-refractivity contribution in [2.45, 2.75) is 31.6 Å². The van der Waals surface area contributed by atoms with Crippen molar-refractivity contribution in [1.82, 2.24) is 15.0 Å². The largest absolute Gasteiger partial charge is 0.223 e. The van der Waals surface area contributed by atoms with Crippen LogP contribution in [0.25, 0.3) is 22.8 Å². The summed E-state index contributed by atoms with van der Waals surface area (Å²) < 4.78 is 0. The molecule has 0 fully saturated rings. The van der Waals surface area contributed by atoms with Crippen LogP contribution in [-0.2, 0) is 12.8 Å². The Labute approximate surface area is 158 Å². The molecule has 3 rings (SSSR count). The lowest BCUT2D eigenvalue weighted by Crippen LogP contribution is -2.02. The molecule has 3 aromatic rings. The van der Waals surface area contributed by atoms with Gasteiger partial charge in [-0.3, -0.25) is 0 Å². The van der Waals surface area contributed by atoms with Gasteiger partial charge in [0.1, 0.15) is 5.82 Å². The number of rotatable bonds is 5. The van der Waals surface area contributed by atoms with E-state index in [1.54, 1.807) is 0 Å². The van der Waals surface area contributed by atoms with Crippen LogP contribution in [-0.4, -0.2) is 33.7 Å². The van der Waals surface area contributed by atoms with Crippen molar-refractivity contribution in [2.75, 3.05) is 18.8 Å². The summed E-state index contributed by atoms with van der Waals surface area (Å²) in [6, 6.07) is 17.2. The third kappa shape index (κ3) is 4.13. The molecule has 26 heavy (non-hydrogen) atoms. The highest BCUT2D eigenvalue weighted by atomic mass is 32.3. The van der Waals surface area contributed by atoms with Gasteiger partial charge in [-0.15, -0.1) is 0 Å². The van der Waals surface area contributed by atoms with Gasteiger partial charge in [0.25, 0.3) is 0 Å². The minimum atomic E-state index is -0.726. The van der Waals surface area contributed by atoms with Gasteiger partial charge >= 0.3 is 0 Å². The Balaban J connectivity index is 2.02. The monoisotopic (exact) mass is 365 g/mol. The first kappa shape index (κ1) is 18.6. The zero-order chi connectivity index (χ0) is 18.7. The molecule has 0 radical (unpaired) electrons. The summed E-state index contributed by atoms with van der Waals surface area (Å²) in [7, 11) is -0.726. The lowest BCUT2D eigenvalue weighted by Gasteiger charge is -2.25. The topological polar surface area (TPSA) is 38.7 Å². The molecule has 3 nitrogen and oxygen atoms in total. The van der Waals surface area contributed by atoms with E-state index in [0.29, 0.717) is 0 Å². The third-order valence-corrected chi connectivity index (χ3v) is 6.12. The Kier molecular flexibility index (Phi) is 5.42. The average Bonchev–Trinajstić information content (AvgIpc) is 2.67. The van der Waals surface area contributed by atoms with E-state index in [9.17, 15) is 0 Å². The van der Waals surface area contributed by atoms with E-state index in [4.69, 9.17) is 4.98 Å². The highest BCUT2D eigenvalue weighted by Gasteiger charge is 2.12. The molecule has 0 spiro atoms. The van der Waals surface area contributed by atoms with Crippen LogP contribution in [0.15, 0.2) is 53.4 Å². The van der Waals surface area contributed by atoms with Crippen LogP contribution in [0.5, 0.6) is 0 Å². The SMILES string of the molecule is CCc1ccc(-c2nc(CC)nc(-c3ccc(S(C)(C)C)cc3)n2)cc1. The maximum Gasteiger partial charge on any atom is 0.163 e. The third-order valence-electron chi connectivity index (χ3n) is 4.44. The fourth-order valence-electron chi connectivity index (χ4n) is 2.74. The summed E-state index contributed by atoms with van der Waals surface area (Å²) in [5.41, 5.74) is 3.40. The second kappa shape index (κ2) is 7.58. The Morgan fingerprint density at radius 3 is 1.58 bits per heavy atom. The number of benzene rings is 2. The van der Waals surface area contributed by atoms with Gasteiger partial charge in [-0.1, -0.05) is 50.2 Å². The van der Waals surface area contributed by atoms with Crippen molar-refractivity contribution in [1.29, 1.82) is 0 Å². The number of nitrogens with zero attached hydrogens (tertiary/aromatic N) is 3. The van der Waals surface area contributed by atoms with Crippen LogP contribution in [0, 0.1) is 0 Å². The van der Waals surface area contributed by atoms with Crippen LogP contribution in [0.2, 0.25) is 0 Å². The predicted octanol–water partition coefficient (Wildman–Crippen LogP) is 5.38. The maximum absolute atomic E-state index is 4.75. The number of aromatic nitrogens is 3. The van der Waals surface area contributed by atoms with Crippen LogP contribution in [0.1, 0.15) is 25.2 Å². The normalized spacial score (nSPS) is 12.2. The summed E-state index contributed by atoms with van der Waals surface area (Å²) in [5, 5.41) is 0. The summed E-state index contributed by atoms with van der Waals surface area (Å²) in [6.07, 6.45) is 8.74. The summed E-state index contributed by atoms with van der Waals surface area (Å²) >= 11 is 0. The minimum Gasteiger partial charge on any atom is -0.223 e. The van der Waals surface area contributed by atoms with Crippen molar-refractivity contribution >= 4 is 10.0 Å². The zero-order valence-corrected chi connectivity index (χ0v) is 17.1. The van der Waals surface area contributed by atoms with Crippen molar-refractivity contribution in [3.8, 4) is 22.8 Å². The molecule has 0 atom stereocenters. The standard InChI is InChI=1S/C22H27N3S/c1-6-16-8-10-17(11-9-16)21-23-20(7-2)24-22(25-21)18-12-14-19(15-13-18)26(3,4)5/h8-15H,6-7H2,1-5H3. The fraction of sp³-hybridized carbons (Fsp3) is 0.318.